The van der Waals surface area contributed by atoms with Crippen molar-refractivity contribution in [1.82, 2.24) is 0 Å². The molecule has 0 radical (unpaired) electrons. The van der Waals surface area contributed by atoms with Crippen molar-refractivity contribution in [2.24, 2.45) is 0 Å². The Morgan fingerprint density at radius 1 is 1.25 bits per heavy atom. The molecule has 0 heterocycles. The molecular formula is C7H12O. The summed E-state index contributed by atoms with van der Waals surface area (Å²) in [6.45, 7) is 2.08. The van der Waals surface area contributed by atoms with E-state index < -0.39 is 0 Å². The maximum absolute atomic E-state index is 8.15. The van der Waals surface area contributed by atoms with Gasteiger partial charge in [-0.05, 0) is 18.9 Å². The van der Waals surface area contributed by atoms with Crippen LogP contribution in [0.1, 0.15) is 19.8 Å². The summed E-state index contributed by atoms with van der Waals surface area (Å²) in [7, 11) is 0. The lowest BCUT2D eigenvalue weighted by Crippen LogP contribution is -1.57. The van der Waals surface area contributed by atoms with Crippen molar-refractivity contribution in [3.05, 3.63) is 24.5 Å². The minimum Gasteiger partial charge on any atom is -0.516 e. The van der Waals surface area contributed by atoms with Crippen LogP contribution in [-0.4, -0.2) is 5.11 Å². The second kappa shape index (κ2) is 6.28. The predicted octanol–water partition coefficient (Wildman–Crippen LogP) is 2.41. The van der Waals surface area contributed by atoms with Gasteiger partial charge < -0.3 is 5.11 Å². The third-order valence-corrected chi connectivity index (χ3v) is 0.780. The van der Waals surface area contributed by atoms with Crippen LogP contribution in [0.25, 0.3) is 0 Å². The van der Waals surface area contributed by atoms with Crippen molar-refractivity contribution in [2.45, 2.75) is 19.8 Å². The fraction of sp³-hybridized carbons (Fsp3) is 0.429. The van der Waals surface area contributed by atoms with E-state index in [4.69, 9.17) is 5.11 Å². The van der Waals surface area contributed by atoms with Crippen molar-refractivity contribution in [3.63, 3.8) is 0 Å². The van der Waals surface area contributed by atoms with Crippen LogP contribution < -0.4 is 0 Å². The van der Waals surface area contributed by atoms with Crippen LogP contribution in [0.3, 0.4) is 0 Å². The van der Waals surface area contributed by atoms with E-state index >= 15 is 0 Å². The molecule has 0 aromatic rings. The van der Waals surface area contributed by atoms with E-state index in [0.717, 1.165) is 19.1 Å². The Balaban J connectivity index is 3.03. The number of aliphatic hydroxyl groups excluding tert-OH is 1. The van der Waals surface area contributed by atoms with Crippen molar-refractivity contribution < 1.29 is 5.11 Å². The van der Waals surface area contributed by atoms with E-state index in [0.29, 0.717) is 0 Å². The summed E-state index contributed by atoms with van der Waals surface area (Å²) in [6, 6.07) is 0. The molecule has 1 N–H and O–H groups in total. The van der Waals surface area contributed by atoms with Gasteiger partial charge in [-0.1, -0.05) is 19.1 Å². The lowest BCUT2D eigenvalue weighted by atomic mass is 10.3. The number of hydrogen-bond donors (Lipinski definition) is 1. The lowest BCUT2D eigenvalue weighted by Gasteiger charge is -1.77. The quantitative estimate of drug-likeness (QED) is 0.439. The molecule has 0 bridgehead atoms. The van der Waals surface area contributed by atoms with Gasteiger partial charge in [-0.25, -0.2) is 0 Å². The first-order chi connectivity index (χ1) is 3.91. The highest BCUT2D eigenvalue weighted by atomic mass is 16.2. The lowest BCUT2D eigenvalue weighted by molar-refractivity contribution is 0.471. The zero-order valence-electron chi connectivity index (χ0n) is 5.17. The highest BCUT2D eigenvalue weighted by Crippen LogP contribution is 1.86. The molecule has 0 aromatic carbocycles. The minimum atomic E-state index is 0.838. The van der Waals surface area contributed by atoms with Gasteiger partial charge >= 0.3 is 0 Å². The molecule has 0 spiro atoms. The summed E-state index contributed by atoms with van der Waals surface area (Å²) < 4.78 is 0. The first-order valence-corrected chi connectivity index (χ1v) is 2.86. The van der Waals surface area contributed by atoms with Gasteiger partial charge in [0.25, 0.3) is 0 Å². The first kappa shape index (κ1) is 7.28. The second-order valence-corrected chi connectivity index (χ2v) is 1.50. The van der Waals surface area contributed by atoms with E-state index in [1.165, 1.54) is 0 Å². The molecule has 46 valence electrons. The van der Waals surface area contributed by atoms with Crippen molar-refractivity contribution in [3.8, 4) is 0 Å². The summed E-state index contributed by atoms with van der Waals surface area (Å²) in [5.74, 6) is 0. The molecule has 0 amide bonds. The summed E-state index contributed by atoms with van der Waals surface area (Å²) in [6.07, 6.45) is 8.77. The van der Waals surface area contributed by atoms with E-state index in [2.05, 4.69) is 13.0 Å². The minimum absolute atomic E-state index is 0.838. The fourth-order valence-electron chi connectivity index (χ4n) is 0.402. The first-order valence-electron chi connectivity index (χ1n) is 2.86. The second-order valence-electron chi connectivity index (χ2n) is 1.50. The van der Waals surface area contributed by atoms with Crippen LogP contribution in [0, 0.1) is 0 Å². The molecule has 0 aromatic heterocycles. The summed E-state index contributed by atoms with van der Waals surface area (Å²) in [4.78, 5) is 0. The normalized spacial score (nSPS) is 11.6. The van der Waals surface area contributed by atoms with Crippen LogP contribution in [0.5, 0.6) is 0 Å². The maximum Gasteiger partial charge on any atom is 0.0754 e. The Bertz CT molecular complexity index is 82.4. The Morgan fingerprint density at radius 3 is 2.50 bits per heavy atom. The SMILES string of the molecule is CC/C=C/C/C=C/O. The molecule has 0 rings (SSSR count). The Kier molecular flexibility index (Phi) is 5.71. The highest BCUT2D eigenvalue weighted by molar-refractivity contribution is 4.88. The molecule has 1 nitrogen and oxygen atoms in total. The Labute approximate surface area is 50.3 Å². The zero-order valence-corrected chi connectivity index (χ0v) is 5.17. The van der Waals surface area contributed by atoms with Crippen LogP contribution in [-0.2, 0) is 0 Å². The van der Waals surface area contributed by atoms with Crippen LogP contribution in [0.15, 0.2) is 24.5 Å². The molecule has 0 aliphatic carbocycles. The predicted molar refractivity (Wildman–Crippen MR) is 35.8 cm³/mol. The zero-order chi connectivity index (χ0) is 6.24. The molecule has 0 unspecified atom stereocenters. The third kappa shape index (κ3) is 5.28. The molecule has 0 aliphatic rings. The number of aliphatic hydroxyl groups is 1. The van der Waals surface area contributed by atoms with Gasteiger partial charge in [0.05, 0.1) is 6.26 Å². The van der Waals surface area contributed by atoms with Gasteiger partial charge in [0.15, 0.2) is 0 Å². The molecular weight excluding hydrogens is 100 g/mol. The molecule has 0 atom stereocenters. The van der Waals surface area contributed by atoms with Crippen molar-refractivity contribution in [2.75, 3.05) is 0 Å². The summed E-state index contributed by atoms with van der Waals surface area (Å²) >= 11 is 0. The Hall–Kier alpha value is -0.720. The van der Waals surface area contributed by atoms with Crippen LogP contribution in [0.4, 0.5) is 0 Å². The van der Waals surface area contributed by atoms with E-state index in [1.54, 1.807) is 6.08 Å². The van der Waals surface area contributed by atoms with Gasteiger partial charge in [0, 0.05) is 0 Å². The Morgan fingerprint density at radius 2 is 2.00 bits per heavy atom. The van der Waals surface area contributed by atoms with Gasteiger partial charge in [-0.2, -0.15) is 0 Å². The summed E-state index contributed by atoms with van der Waals surface area (Å²) in [5, 5.41) is 8.15. The molecule has 0 fully saturated rings. The summed E-state index contributed by atoms with van der Waals surface area (Å²) in [5.41, 5.74) is 0. The van der Waals surface area contributed by atoms with E-state index in [-0.39, 0.29) is 0 Å². The maximum atomic E-state index is 8.15. The van der Waals surface area contributed by atoms with Gasteiger partial charge in [-0.15, -0.1) is 0 Å². The molecule has 0 aliphatic heterocycles. The van der Waals surface area contributed by atoms with Crippen LogP contribution in [0.2, 0.25) is 0 Å². The topological polar surface area (TPSA) is 20.2 Å². The largest absolute Gasteiger partial charge is 0.516 e. The van der Waals surface area contributed by atoms with Crippen molar-refractivity contribution >= 4 is 0 Å². The van der Waals surface area contributed by atoms with E-state index in [1.807, 2.05) is 6.08 Å². The van der Waals surface area contributed by atoms with E-state index in [9.17, 15) is 0 Å². The standard InChI is InChI=1S/C7H12O/c1-2-3-4-5-6-7-8/h3-4,6-8H,2,5H2,1H3/b4-3+,7-6+. The average Bonchev–Trinajstić information content (AvgIpc) is 1.81. The van der Waals surface area contributed by atoms with Crippen molar-refractivity contribution in [1.29, 1.82) is 0 Å². The van der Waals surface area contributed by atoms with Gasteiger partial charge in [-0.3, -0.25) is 0 Å². The van der Waals surface area contributed by atoms with Gasteiger partial charge in [0.2, 0.25) is 0 Å². The number of allylic oxidation sites excluding steroid dienone is 3. The van der Waals surface area contributed by atoms with Crippen LogP contribution >= 0.6 is 0 Å². The number of rotatable bonds is 3. The number of hydrogen-bond acceptors (Lipinski definition) is 1. The monoisotopic (exact) mass is 112 g/mol. The molecule has 0 saturated carbocycles. The molecule has 0 saturated heterocycles. The third-order valence-electron chi connectivity index (χ3n) is 0.780. The molecule has 8 heavy (non-hydrogen) atoms. The van der Waals surface area contributed by atoms with Gasteiger partial charge in [0.1, 0.15) is 0 Å². The highest BCUT2D eigenvalue weighted by Gasteiger charge is 1.66. The average molecular weight is 112 g/mol. The smallest absolute Gasteiger partial charge is 0.0754 e. The molecule has 1 heteroatoms. The fourth-order valence-corrected chi connectivity index (χ4v) is 0.402.